The van der Waals surface area contributed by atoms with Crippen LogP contribution < -0.4 is 4.90 Å². The van der Waals surface area contributed by atoms with Gasteiger partial charge in [0.1, 0.15) is 0 Å². The summed E-state index contributed by atoms with van der Waals surface area (Å²) in [6.07, 6.45) is 0. The number of para-hydroxylation sites is 2. The van der Waals surface area contributed by atoms with Gasteiger partial charge in [-0.1, -0.05) is 140 Å². The van der Waals surface area contributed by atoms with E-state index in [1.807, 2.05) is 11.3 Å². The van der Waals surface area contributed by atoms with Gasteiger partial charge in [-0.15, -0.1) is 11.3 Å². The number of nitrogens with zero attached hydrogens (tertiary/aromatic N) is 2. The Hall–Kier alpha value is -6.42. The molecule has 8 aromatic carbocycles. The summed E-state index contributed by atoms with van der Waals surface area (Å²) in [6, 6.07) is 70.4. The van der Waals surface area contributed by atoms with Gasteiger partial charge < -0.3 is 9.47 Å². The zero-order valence-electron chi connectivity index (χ0n) is 27.8. The molecule has 0 saturated heterocycles. The Labute approximate surface area is 300 Å². The van der Waals surface area contributed by atoms with Crippen LogP contribution in [0.3, 0.4) is 0 Å². The smallest absolute Gasteiger partial charge is 0.0561 e. The Balaban J connectivity index is 1.20. The first-order chi connectivity index (χ1) is 25.3. The highest BCUT2D eigenvalue weighted by Crippen LogP contribution is 2.44. The number of hydrogen-bond donors (Lipinski definition) is 0. The standard InChI is InChI=1S/C48H32N2S/c1-3-13-33(14-4-1)34-23-25-36(26-24-34)49(44-20-10-7-17-39(44)35-15-5-2-6-16-35)37-27-29-41-40-18-8-11-21-45(40)50(46(41)31-37)38-28-30-43-42-19-9-12-22-47(42)51-48(43)32-38/h1-32H. The van der Waals surface area contributed by atoms with Gasteiger partial charge >= 0.3 is 0 Å². The molecule has 0 bridgehead atoms. The van der Waals surface area contributed by atoms with Crippen molar-refractivity contribution in [2.24, 2.45) is 0 Å². The molecule has 0 atom stereocenters. The highest BCUT2D eigenvalue weighted by molar-refractivity contribution is 7.25. The zero-order valence-corrected chi connectivity index (χ0v) is 28.6. The lowest BCUT2D eigenvalue weighted by Gasteiger charge is -2.28. The molecule has 10 aromatic rings. The largest absolute Gasteiger partial charge is 0.310 e. The molecule has 2 nitrogen and oxygen atoms in total. The van der Waals surface area contributed by atoms with Crippen molar-refractivity contribution in [1.29, 1.82) is 0 Å². The lowest BCUT2D eigenvalue weighted by Crippen LogP contribution is -2.11. The molecule has 0 unspecified atom stereocenters. The summed E-state index contributed by atoms with van der Waals surface area (Å²) >= 11 is 1.86. The fourth-order valence-electron chi connectivity index (χ4n) is 7.62. The van der Waals surface area contributed by atoms with Crippen LogP contribution in [0.4, 0.5) is 17.1 Å². The SMILES string of the molecule is c1ccc(-c2ccc(N(c3ccc4c5ccccc5n(-c5ccc6c(c5)sc5ccccc56)c4c3)c3ccccc3-c3ccccc3)cc2)cc1. The van der Waals surface area contributed by atoms with Crippen molar-refractivity contribution in [3.8, 4) is 27.9 Å². The van der Waals surface area contributed by atoms with Gasteiger partial charge in [0.05, 0.1) is 16.7 Å². The van der Waals surface area contributed by atoms with E-state index in [9.17, 15) is 0 Å². The summed E-state index contributed by atoms with van der Waals surface area (Å²) in [5, 5.41) is 5.11. The third-order valence-electron chi connectivity index (χ3n) is 10.00. The Kier molecular flexibility index (Phi) is 7.04. The van der Waals surface area contributed by atoms with Crippen LogP contribution in [0.1, 0.15) is 0 Å². The van der Waals surface area contributed by atoms with E-state index in [1.54, 1.807) is 0 Å². The van der Waals surface area contributed by atoms with Crippen LogP contribution in [0.15, 0.2) is 194 Å². The maximum absolute atomic E-state index is 2.44. The van der Waals surface area contributed by atoms with Crippen LogP contribution >= 0.6 is 11.3 Å². The van der Waals surface area contributed by atoms with Crippen molar-refractivity contribution in [2.75, 3.05) is 4.90 Å². The van der Waals surface area contributed by atoms with E-state index < -0.39 is 0 Å². The molecule has 10 rings (SSSR count). The van der Waals surface area contributed by atoms with Crippen molar-refractivity contribution >= 4 is 70.4 Å². The third-order valence-corrected chi connectivity index (χ3v) is 11.1. The predicted molar refractivity (Wildman–Crippen MR) is 219 cm³/mol. The number of aromatic nitrogens is 1. The number of hydrogen-bond acceptors (Lipinski definition) is 2. The molecule has 2 aromatic heterocycles. The van der Waals surface area contributed by atoms with Gasteiger partial charge in [-0.3, -0.25) is 0 Å². The summed E-state index contributed by atoms with van der Waals surface area (Å²) < 4.78 is 5.06. The second-order valence-electron chi connectivity index (χ2n) is 13.0. The Bertz CT molecular complexity index is 2850. The quantitative estimate of drug-likeness (QED) is 0.171. The molecule has 3 heteroatoms. The van der Waals surface area contributed by atoms with E-state index in [2.05, 4.69) is 204 Å². The minimum Gasteiger partial charge on any atom is -0.310 e. The second kappa shape index (κ2) is 12.2. The van der Waals surface area contributed by atoms with Gasteiger partial charge in [0.2, 0.25) is 0 Å². The monoisotopic (exact) mass is 668 g/mol. The second-order valence-corrected chi connectivity index (χ2v) is 14.0. The van der Waals surface area contributed by atoms with Gasteiger partial charge in [-0.25, -0.2) is 0 Å². The number of rotatable bonds is 6. The van der Waals surface area contributed by atoms with Gasteiger partial charge in [-0.2, -0.15) is 0 Å². The topological polar surface area (TPSA) is 8.17 Å². The Morgan fingerprint density at radius 1 is 0.373 bits per heavy atom. The highest BCUT2D eigenvalue weighted by atomic mass is 32.1. The minimum atomic E-state index is 1.10. The molecule has 0 amide bonds. The number of fused-ring (bicyclic) bond motifs is 6. The van der Waals surface area contributed by atoms with Crippen LogP contribution in [0.25, 0.3) is 69.9 Å². The third kappa shape index (κ3) is 5.01. The molecule has 240 valence electrons. The highest BCUT2D eigenvalue weighted by Gasteiger charge is 2.20. The van der Waals surface area contributed by atoms with Crippen molar-refractivity contribution < 1.29 is 0 Å². The molecule has 0 aliphatic carbocycles. The molecular weight excluding hydrogens is 637 g/mol. The summed E-state index contributed by atoms with van der Waals surface area (Å²) in [6.45, 7) is 0. The molecule has 0 N–H and O–H groups in total. The molecule has 0 fully saturated rings. The maximum Gasteiger partial charge on any atom is 0.0561 e. The van der Waals surface area contributed by atoms with Crippen LogP contribution in [-0.4, -0.2) is 4.57 Å². The molecule has 0 radical (unpaired) electrons. The first-order valence-electron chi connectivity index (χ1n) is 17.4. The summed E-state index contributed by atoms with van der Waals surface area (Å²) in [5.41, 5.74) is 11.7. The average Bonchev–Trinajstić information content (AvgIpc) is 3.74. The summed E-state index contributed by atoms with van der Waals surface area (Å²) in [4.78, 5) is 2.41. The van der Waals surface area contributed by atoms with E-state index in [0.717, 1.165) is 17.1 Å². The van der Waals surface area contributed by atoms with Crippen molar-refractivity contribution in [1.82, 2.24) is 4.57 Å². The minimum absolute atomic E-state index is 1.10. The molecule has 0 aliphatic rings. The van der Waals surface area contributed by atoms with E-state index in [0.29, 0.717) is 0 Å². The molecule has 0 aliphatic heterocycles. The van der Waals surface area contributed by atoms with E-state index >= 15 is 0 Å². The molecule has 0 spiro atoms. The summed E-state index contributed by atoms with van der Waals surface area (Å²) in [5.74, 6) is 0. The van der Waals surface area contributed by atoms with E-state index in [-0.39, 0.29) is 0 Å². The lowest BCUT2D eigenvalue weighted by molar-refractivity contribution is 1.18. The normalized spacial score (nSPS) is 11.5. The molecular formula is C48H32N2S. The van der Waals surface area contributed by atoms with Crippen LogP contribution in [0, 0.1) is 0 Å². The number of benzene rings is 8. The van der Waals surface area contributed by atoms with Crippen molar-refractivity contribution in [3.05, 3.63) is 194 Å². The van der Waals surface area contributed by atoms with Gasteiger partial charge in [0, 0.05) is 53.6 Å². The van der Waals surface area contributed by atoms with Crippen LogP contribution in [-0.2, 0) is 0 Å². The van der Waals surface area contributed by atoms with Gasteiger partial charge in [0.15, 0.2) is 0 Å². The van der Waals surface area contributed by atoms with Crippen LogP contribution in [0.2, 0.25) is 0 Å². The molecule has 0 saturated carbocycles. The number of anilines is 3. The fraction of sp³-hybridized carbons (Fsp3) is 0. The number of thiophene rings is 1. The predicted octanol–water partition coefficient (Wildman–Crippen LogP) is 14.0. The average molecular weight is 669 g/mol. The van der Waals surface area contributed by atoms with E-state index in [1.165, 1.54) is 69.9 Å². The molecule has 51 heavy (non-hydrogen) atoms. The molecule has 2 heterocycles. The Morgan fingerprint density at radius 2 is 0.961 bits per heavy atom. The fourth-order valence-corrected chi connectivity index (χ4v) is 8.76. The van der Waals surface area contributed by atoms with Crippen LogP contribution in [0.5, 0.6) is 0 Å². The first-order valence-corrected chi connectivity index (χ1v) is 18.2. The van der Waals surface area contributed by atoms with Gasteiger partial charge in [-0.05, 0) is 71.3 Å². The van der Waals surface area contributed by atoms with Crippen molar-refractivity contribution in [2.45, 2.75) is 0 Å². The maximum atomic E-state index is 2.44. The first kappa shape index (κ1) is 29.5. The van der Waals surface area contributed by atoms with E-state index in [4.69, 9.17) is 0 Å². The lowest BCUT2D eigenvalue weighted by atomic mass is 10.0. The zero-order chi connectivity index (χ0) is 33.7. The Morgan fingerprint density at radius 3 is 1.78 bits per heavy atom. The van der Waals surface area contributed by atoms with Crippen molar-refractivity contribution in [3.63, 3.8) is 0 Å². The van der Waals surface area contributed by atoms with Gasteiger partial charge in [0.25, 0.3) is 0 Å². The summed E-state index contributed by atoms with van der Waals surface area (Å²) in [7, 11) is 0.